The molecule has 37 heavy (non-hydrogen) atoms. The van der Waals surface area contributed by atoms with Crippen molar-refractivity contribution in [3.63, 3.8) is 0 Å². The third kappa shape index (κ3) is 5.19. The van der Waals surface area contributed by atoms with Crippen LogP contribution < -0.4 is 0 Å². The number of carbonyl (C=O) groups excluding carboxylic acids is 4. The molecular formula is C28H40O9. The molecule has 2 bridgehead atoms. The van der Waals surface area contributed by atoms with Crippen LogP contribution in [0.15, 0.2) is 23.3 Å². The van der Waals surface area contributed by atoms with Crippen LogP contribution in [0, 0.1) is 22.7 Å². The van der Waals surface area contributed by atoms with E-state index in [1.54, 1.807) is 0 Å². The molecule has 1 N–H and O–H groups in total. The number of hydrogen-bond donors (Lipinski definition) is 1. The fourth-order valence-electron chi connectivity index (χ4n) is 7.01. The second-order valence-corrected chi connectivity index (χ2v) is 11.5. The van der Waals surface area contributed by atoms with Crippen molar-refractivity contribution in [2.24, 2.45) is 22.7 Å². The lowest BCUT2D eigenvalue weighted by atomic mass is 9.49. The van der Waals surface area contributed by atoms with E-state index in [2.05, 4.69) is 6.58 Å². The van der Waals surface area contributed by atoms with Crippen LogP contribution >= 0.6 is 0 Å². The van der Waals surface area contributed by atoms with Crippen molar-refractivity contribution in [1.29, 1.82) is 0 Å². The molecule has 0 amide bonds. The Morgan fingerprint density at radius 3 is 1.89 bits per heavy atom. The Labute approximate surface area is 218 Å². The highest BCUT2D eigenvalue weighted by molar-refractivity contribution is 5.69. The summed E-state index contributed by atoms with van der Waals surface area (Å²) in [5.74, 6) is -2.70. The van der Waals surface area contributed by atoms with Gasteiger partial charge in [0.25, 0.3) is 0 Å². The van der Waals surface area contributed by atoms with Gasteiger partial charge in [-0.1, -0.05) is 27.4 Å². The number of esters is 4. The van der Waals surface area contributed by atoms with Gasteiger partial charge in [-0.2, -0.15) is 0 Å². The van der Waals surface area contributed by atoms with Gasteiger partial charge in [-0.3, -0.25) is 19.2 Å². The van der Waals surface area contributed by atoms with Gasteiger partial charge in [0.2, 0.25) is 0 Å². The quantitative estimate of drug-likeness (QED) is 0.337. The number of ether oxygens (including phenoxy) is 4. The van der Waals surface area contributed by atoms with Gasteiger partial charge >= 0.3 is 23.9 Å². The average Bonchev–Trinajstić information content (AvgIpc) is 2.74. The summed E-state index contributed by atoms with van der Waals surface area (Å²) in [6.45, 7) is 17.2. The molecule has 2 fully saturated rings. The van der Waals surface area contributed by atoms with Gasteiger partial charge in [0.15, 0.2) is 12.2 Å². The van der Waals surface area contributed by atoms with Crippen molar-refractivity contribution >= 4 is 23.9 Å². The summed E-state index contributed by atoms with van der Waals surface area (Å²) in [5, 5.41) is 11.0. The normalized spacial score (nSPS) is 36.9. The molecule has 0 radical (unpaired) electrons. The molecule has 206 valence electrons. The summed E-state index contributed by atoms with van der Waals surface area (Å²) >= 11 is 0. The van der Waals surface area contributed by atoms with Crippen LogP contribution in [0.25, 0.3) is 0 Å². The van der Waals surface area contributed by atoms with Crippen LogP contribution in [-0.4, -0.2) is 59.5 Å². The molecule has 8 atom stereocenters. The fraction of sp³-hybridized carbons (Fsp3) is 0.714. The van der Waals surface area contributed by atoms with Crippen LogP contribution in [0.4, 0.5) is 0 Å². The van der Waals surface area contributed by atoms with Crippen molar-refractivity contribution in [2.75, 3.05) is 0 Å². The molecule has 0 aromatic rings. The molecule has 0 aliphatic heterocycles. The predicted molar refractivity (Wildman–Crippen MR) is 133 cm³/mol. The Balaban J connectivity index is 2.38. The monoisotopic (exact) mass is 520 g/mol. The Hall–Kier alpha value is -2.68. The zero-order chi connectivity index (χ0) is 28.0. The predicted octanol–water partition coefficient (Wildman–Crippen LogP) is 3.42. The van der Waals surface area contributed by atoms with Gasteiger partial charge in [-0.25, -0.2) is 0 Å². The van der Waals surface area contributed by atoms with Crippen molar-refractivity contribution in [1.82, 2.24) is 0 Å². The fourth-order valence-corrected chi connectivity index (χ4v) is 7.01. The molecule has 8 unspecified atom stereocenters. The minimum atomic E-state index is -1.08. The summed E-state index contributed by atoms with van der Waals surface area (Å²) in [7, 11) is 0. The first-order chi connectivity index (χ1) is 17.0. The molecule has 9 heteroatoms. The van der Waals surface area contributed by atoms with Crippen LogP contribution in [-0.2, 0) is 38.1 Å². The first kappa shape index (κ1) is 28.9. The molecule has 2 saturated carbocycles. The van der Waals surface area contributed by atoms with Gasteiger partial charge in [-0.15, -0.1) is 0 Å². The van der Waals surface area contributed by atoms with E-state index in [1.165, 1.54) is 27.7 Å². The SMILES string of the molecule is C=C1C(O)CC(OC(C)=O)C2(C)C1CC1CC(OC(C)=O)C(C)=C(C(OC(C)=O)C2OC(C)=O)C1(C)C. The second-order valence-electron chi connectivity index (χ2n) is 11.5. The molecule has 0 heterocycles. The Morgan fingerprint density at radius 1 is 0.838 bits per heavy atom. The standard InChI is InChI=1S/C28H40O9/c1-13-20-10-19-11-22(34-15(3)29)14(2)24(27(19,7)8)25(36-17(5)31)26(37-18(6)32)28(20,9)23(12-21(13)33)35-16(4)30/h19-23,25-26,33H,1,10-12H2,2-9H3. The molecule has 3 aliphatic rings. The number of fused-ring (bicyclic) bond motifs is 3. The molecule has 9 nitrogen and oxygen atoms in total. The van der Waals surface area contributed by atoms with Crippen molar-refractivity contribution in [2.45, 2.75) is 105 Å². The van der Waals surface area contributed by atoms with Gasteiger partial charge in [0.05, 0.1) is 11.5 Å². The Morgan fingerprint density at radius 2 is 1.38 bits per heavy atom. The molecule has 3 rings (SSSR count). The minimum Gasteiger partial charge on any atom is -0.462 e. The zero-order valence-electron chi connectivity index (χ0n) is 23.1. The van der Waals surface area contributed by atoms with Crippen LogP contribution in [0.3, 0.4) is 0 Å². The van der Waals surface area contributed by atoms with E-state index in [-0.39, 0.29) is 12.3 Å². The second kappa shape index (κ2) is 10.2. The highest BCUT2D eigenvalue weighted by Gasteiger charge is 2.64. The van der Waals surface area contributed by atoms with Crippen molar-refractivity contribution in [3.05, 3.63) is 23.3 Å². The molecule has 0 spiro atoms. The highest BCUT2D eigenvalue weighted by Crippen LogP contribution is 2.60. The summed E-state index contributed by atoms with van der Waals surface area (Å²) in [5.41, 5.74) is 0.358. The van der Waals surface area contributed by atoms with Gasteiger partial charge in [0.1, 0.15) is 12.2 Å². The summed E-state index contributed by atoms with van der Waals surface area (Å²) in [6.07, 6.45) is -3.39. The molecule has 0 aromatic carbocycles. The van der Waals surface area contributed by atoms with E-state index in [9.17, 15) is 24.3 Å². The maximum Gasteiger partial charge on any atom is 0.303 e. The lowest BCUT2D eigenvalue weighted by molar-refractivity contribution is -0.211. The van der Waals surface area contributed by atoms with Gasteiger partial charge < -0.3 is 24.1 Å². The van der Waals surface area contributed by atoms with Crippen molar-refractivity contribution < 1.29 is 43.2 Å². The van der Waals surface area contributed by atoms with Crippen LogP contribution in [0.1, 0.15) is 74.7 Å². The zero-order valence-corrected chi connectivity index (χ0v) is 23.1. The van der Waals surface area contributed by atoms with Crippen molar-refractivity contribution in [3.8, 4) is 0 Å². The minimum absolute atomic E-state index is 0.0676. The largest absolute Gasteiger partial charge is 0.462 e. The van der Waals surface area contributed by atoms with Gasteiger partial charge in [0, 0.05) is 34.1 Å². The van der Waals surface area contributed by atoms with E-state index in [0.717, 1.165) is 11.1 Å². The third-order valence-corrected chi connectivity index (χ3v) is 8.77. The first-order valence-electron chi connectivity index (χ1n) is 12.8. The molecular weight excluding hydrogens is 480 g/mol. The number of aliphatic hydroxyl groups excluding tert-OH is 1. The van der Waals surface area contributed by atoms with Crippen LogP contribution in [0.2, 0.25) is 0 Å². The van der Waals surface area contributed by atoms with E-state index in [4.69, 9.17) is 18.9 Å². The number of hydrogen-bond acceptors (Lipinski definition) is 9. The van der Waals surface area contributed by atoms with E-state index in [0.29, 0.717) is 18.4 Å². The number of carbonyl (C=O) groups is 4. The first-order valence-corrected chi connectivity index (χ1v) is 12.8. The van der Waals surface area contributed by atoms with Crippen LogP contribution in [0.5, 0.6) is 0 Å². The van der Waals surface area contributed by atoms with E-state index < -0.39 is 71.1 Å². The van der Waals surface area contributed by atoms with E-state index in [1.807, 2.05) is 27.7 Å². The Kier molecular flexibility index (Phi) is 7.99. The number of rotatable bonds is 4. The molecule has 0 saturated heterocycles. The average molecular weight is 521 g/mol. The summed E-state index contributed by atoms with van der Waals surface area (Å²) in [6, 6.07) is 0. The van der Waals surface area contributed by atoms with E-state index >= 15 is 0 Å². The highest BCUT2D eigenvalue weighted by atomic mass is 16.6. The maximum atomic E-state index is 12.5. The Bertz CT molecular complexity index is 1020. The summed E-state index contributed by atoms with van der Waals surface area (Å²) < 4.78 is 23.4. The topological polar surface area (TPSA) is 125 Å². The smallest absolute Gasteiger partial charge is 0.303 e. The summed E-state index contributed by atoms with van der Waals surface area (Å²) in [4.78, 5) is 49.2. The lowest BCUT2D eigenvalue weighted by Gasteiger charge is -2.59. The number of aliphatic hydroxyl groups is 1. The maximum absolute atomic E-state index is 12.5. The van der Waals surface area contributed by atoms with Gasteiger partial charge in [-0.05, 0) is 53.7 Å². The molecule has 3 aliphatic carbocycles. The molecule has 0 aromatic heterocycles. The lowest BCUT2D eigenvalue weighted by Crippen LogP contribution is -2.64. The third-order valence-electron chi connectivity index (χ3n) is 8.77.